The van der Waals surface area contributed by atoms with Crippen LogP contribution in [-0.4, -0.2) is 30.5 Å². The second kappa shape index (κ2) is 5.77. The van der Waals surface area contributed by atoms with Gasteiger partial charge in [-0.1, -0.05) is 18.5 Å². The first-order valence-electron chi connectivity index (χ1n) is 6.44. The number of ether oxygens (including phenoxy) is 2. The Labute approximate surface area is 107 Å². The molecule has 1 fully saturated rings. The molecule has 1 aliphatic rings. The van der Waals surface area contributed by atoms with Crippen LogP contribution in [0.15, 0.2) is 4.52 Å². The van der Waals surface area contributed by atoms with E-state index in [2.05, 4.69) is 17.1 Å². The largest absolute Gasteiger partial charge is 0.381 e. The van der Waals surface area contributed by atoms with Crippen LogP contribution in [0.1, 0.15) is 50.4 Å². The lowest BCUT2D eigenvalue weighted by Gasteiger charge is -2.32. The summed E-state index contributed by atoms with van der Waals surface area (Å²) in [7, 11) is 1.67. The third kappa shape index (κ3) is 2.55. The summed E-state index contributed by atoms with van der Waals surface area (Å²) < 4.78 is 16.2. The van der Waals surface area contributed by atoms with Crippen LogP contribution >= 0.6 is 0 Å². The molecule has 0 saturated carbocycles. The van der Waals surface area contributed by atoms with Gasteiger partial charge in [-0.3, -0.25) is 0 Å². The van der Waals surface area contributed by atoms with Gasteiger partial charge < -0.3 is 19.7 Å². The van der Waals surface area contributed by atoms with E-state index >= 15 is 0 Å². The molecule has 6 nitrogen and oxygen atoms in total. The molecule has 1 atom stereocenters. The average Bonchev–Trinajstić information content (AvgIpc) is 2.90. The Kier molecular flexibility index (Phi) is 4.31. The molecule has 0 aromatic carbocycles. The minimum atomic E-state index is -0.480. The predicted octanol–water partition coefficient (Wildman–Crippen LogP) is 1.52. The molecule has 1 aliphatic heterocycles. The van der Waals surface area contributed by atoms with Crippen LogP contribution in [-0.2, 0) is 15.1 Å². The van der Waals surface area contributed by atoms with Gasteiger partial charge in [0.2, 0.25) is 11.7 Å². The summed E-state index contributed by atoms with van der Waals surface area (Å²) in [6, 6.07) is -0.190. The zero-order chi connectivity index (χ0) is 13.0. The second-order valence-corrected chi connectivity index (χ2v) is 4.66. The minimum absolute atomic E-state index is 0.190. The number of hydrogen-bond donors (Lipinski definition) is 1. The van der Waals surface area contributed by atoms with E-state index < -0.39 is 5.60 Å². The topological polar surface area (TPSA) is 83.4 Å². The maximum Gasteiger partial charge on any atom is 0.243 e. The number of rotatable bonds is 5. The van der Waals surface area contributed by atoms with E-state index in [4.69, 9.17) is 19.7 Å². The van der Waals surface area contributed by atoms with Crippen molar-refractivity contribution in [1.82, 2.24) is 10.1 Å². The quantitative estimate of drug-likeness (QED) is 0.858. The Bertz CT molecular complexity index is 374. The van der Waals surface area contributed by atoms with E-state index in [0.29, 0.717) is 24.9 Å². The lowest BCUT2D eigenvalue weighted by Crippen LogP contribution is -2.36. The summed E-state index contributed by atoms with van der Waals surface area (Å²) in [4.78, 5) is 4.41. The molecule has 2 rings (SSSR count). The van der Waals surface area contributed by atoms with Crippen molar-refractivity contribution in [2.24, 2.45) is 5.73 Å². The average molecular weight is 255 g/mol. The van der Waals surface area contributed by atoms with Crippen LogP contribution in [0.2, 0.25) is 0 Å². The molecule has 0 aliphatic carbocycles. The standard InChI is InChI=1S/C12H21N3O3/c1-3-4-9(13)10-14-11(15-18-10)12(16-2)5-7-17-8-6-12/h9H,3-8,13H2,1-2H3/t9-/m1/s1. The van der Waals surface area contributed by atoms with Gasteiger partial charge in [-0.2, -0.15) is 4.98 Å². The molecule has 1 aromatic rings. The van der Waals surface area contributed by atoms with Gasteiger partial charge in [0, 0.05) is 33.2 Å². The van der Waals surface area contributed by atoms with Crippen LogP contribution in [0, 0.1) is 0 Å². The Hall–Kier alpha value is -0.980. The molecule has 0 bridgehead atoms. The molecule has 0 radical (unpaired) electrons. The Morgan fingerprint density at radius 1 is 1.44 bits per heavy atom. The molecular weight excluding hydrogens is 234 g/mol. The first-order chi connectivity index (χ1) is 8.72. The van der Waals surface area contributed by atoms with Gasteiger partial charge >= 0.3 is 0 Å². The van der Waals surface area contributed by atoms with Crippen molar-refractivity contribution in [1.29, 1.82) is 0 Å². The number of methoxy groups -OCH3 is 1. The molecular formula is C12H21N3O3. The van der Waals surface area contributed by atoms with Crippen LogP contribution in [0.4, 0.5) is 0 Å². The maximum atomic E-state index is 5.97. The zero-order valence-corrected chi connectivity index (χ0v) is 11.0. The highest BCUT2D eigenvalue weighted by atomic mass is 16.5. The summed E-state index contributed by atoms with van der Waals surface area (Å²) in [6.07, 6.45) is 3.31. The van der Waals surface area contributed by atoms with Crippen molar-refractivity contribution >= 4 is 0 Å². The van der Waals surface area contributed by atoms with Crippen LogP contribution in [0.3, 0.4) is 0 Å². The summed E-state index contributed by atoms with van der Waals surface area (Å²) in [5.74, 6) is 1.09. The molecule has 1 aromatic heterocycles. The fourth-order valence-electron chi connectivity index (χ4n) is 2.23. The fourth-order valence-corrected chi connectivity index (χ4v) is 2.23. The van der Waals surface area contributed by atoms with Crippen molar-refractivity contribution in [3.63, 3.8) is 0 Å². The second-order valence-electron chi connectivity index (χ2n) is 4.66. The summed E-state index contributed by atoms with van der Waals surface area (Å²) in [6.45, 7) is 3.38. The van der Waals surface area contributed by atoms with Gasteiger partial charge in [0.15, 0.2) is 0 Å². The van der Waals surface area contributed by atoms with E-state index in [-0.39, 0.29) is 6.04 Å². The highest BCUT2D eigenvalue weighted by Gasteiger charge is 2.39. The van der Waals surface area contributed by atoms with Gasteiger partial charge in [-0.25, -0.2) is 0 Å². The van der Waals surface area contributed by atoms with Gasteiger partial charge in [0.25, 0.3) is 0 Å². The smallest absolute Gasteiger partial charge is 0.243 e. The summed E-state index contributed by atoms with van der Waals surface area (Å²) >= 11 is 0. The van der Waals surface area contributed by atoms with E-state index in [1.165, 1.54) is 0 Å². The number of nitrogens with zero attached hydrogens (tertiary/aromatic N) is 2. The zero-order valence-electron chi connectivity index (χ0n) is 11.0. The highest BCUT2D eigenvalue weighted by molar-refractivity contribution is 5.04. The number of aromatic nitrogens is 2. The third-order valence-electron chi connectivity index (χ3n) is 3.46. The van der Waals surface area contributed by atoms with Crippen molar-refractivity contribution < 1.29 is 14.0 Å². The van der Waals surface area contributed by atoms with Gasteiger partial charge in [0.05, 0.1) is 6.04 Å². The van der Waals surface area contributed by atoms with Crippen LogP contribution in [0.25, 0.3) is 0 Å². The minimum Gasteiger partial charge on any atom is -0.381 e. The van der Waals surface area contributed by atoms with Crippen molar-refractivity contribution in [2.45, 2.75) is 44.2 Å². The van der Waals surface area contributed by atoms with Crippen molar-refractivity contribution in [3.05, 3.63) is 11.7 Å². The van der Waals surface area contributed by atoms with E-state index in [1.54, 1.807) is 7.11 Å². The predicted molar refractivity (Wildman–Crippen MR) is 64.9 cm³/mol. The van der Waals surface area contributed by atoms with Crippen LogP contribution < -0.4 is 5.73 Å². The lowest BCUT2D eigenvalue weighted by atomic mass is 9.93. The van der Waals surface area contributed by atoms with E-state index in [1.807, 2.05) is 0 Å². The molecule has 18 heavy (non-hydrogen) atoms. The van der Waals surface area contributed by atoms with Gasteiger partial charge in [-0.15, -0.1) is 0 Å². The molecule has 0 spiro atoms. The molecule has 6 heteroatoms. The van der Waals surface area contributed by atoms with Crippen LogP contribution in [0.5, 0.6) is 0 Å². The summed E-state index contributed by atoms with van der Waals surface area (Å²) in [5.41, 5.74) is 5.49. The van der Waals surface area contributed by atoms with Gasteiger partial charge in [-0.05, 0) is 6.42 Å². The molecule has 2 heterocycles. The first kappa shape index (κ1) is 13.5. The number of nitrogens with two attached hydrogens (primary N) is 1. The lowest BCUT2D eigenvalue weighted by molar-refractivity contribution is -0.101. The molecule has 102 valence electrons. The SMILES string of the molecule is CCC[C@@H](N)c1nc(C2(OC)CCOCC2)no1. The molecule has 0 amide bonds. The first-order valence-corrected chi connectivity index (χ1v) is 6.44. The Morgan fingerprint density at radius 2 is 2.17 bits per heavy atom. The van der Waals surface area contributed by atoms with Gasteiger partial charge in [0.1, 0.15) is 5.60 Å². The fraction of sp³-hybridized carbons (Fsp3) is 0.833. The summed E-state index contributed by atoms with van der Waals surface area (Å²) in [5, 5.41) is 4.04. The van der Waals surface area contributed by atoms with E-state index in [0.717, 1.165) is 25.7 Å². The normalized spacial score (nSPS) is 20.8. The molecule has 0 unspecified atom stereocenters. The van der Waals surface area contributed by atoms with Crippen molar-refractivity contribution in [2.75, 3.05) is 20.3 Å². The van der Waals surface area contributed by atoms with E-state index in [9.17, 15) is 0 Å². The Balaban J connectivity index is 2.16. The highest BCUT2D eigenvalue weighted by Crippen LogP contribution is 2.34. The maximum absolute atomic E-state index is 5.97. The molecule has 2 N–H and O–H groups in total. The molecule has 1 saturated heterocycles. The monoisotopic (exact) mass is 255 g/mol. The third-order valence-corrected chi connectivity index (χ3v) is 3.46. The van der Waals surface area contributed by atoms with Crippen molar-refractivity contribution in [3.8, 4) is 0 Å². The number of hydrogen-bond acceptors (Lipinski definition) is 6. The Morgan fingerprint density at radius 3 is 2.78 bits per heavy atom.